The van der Waals surface area contributed by atoms with Crippen LogP contribution in [-0.4, -0.2) is 57.3 Å². The smallest absolute Gasteiger partial charge is 0.414 e. The molecule has 2 aliphatic rings. The van der Waals surface area contributed by atoms with Gasteiger partial charge in [-0.2, -0.15) is 0 Å². The Bertz CT molecular complexity index is 736. The summed E-state index contributed by atoms with van der Waals surface area (Å²) in [5, 5.41) is 6.69. The maximum absolute atomic E-state index is 12.1. The number of cyclic esters (lactones) is 1. The van der Waals surface area contributed by atoms with Crippen molar-refractivity contribution in [3.63, 3.8) is 0 Å². The molecule has 1 N–H and O–H groups in total. The fraction of sp³-hybridized carbons (Fsp3) is 0.471. The van der Waals surface area contributed by atoms with E-state index in [0.29, 0.717) is 37.0 Å². The lowest BCUT2D eigenvalue weighted by atomic mass is 10.2. The third kappa shape index (κ3) is 3.66. The van der Waals surface area contributed by atoms with Gasteiger partial charge in [-0.05, 0) is 19.1 Å². The van der Waals surface area contributed by atoms with E-state index in [0.717, 1.165) is 5.69 Å². The number of amides is 2. The summed E-state index contributed by atoms with van der Waals surface area (Å²) in [6.45, 7) is 4.71. The predicted octanol–water partition coefficient (Wildman–Crippen LogP) is 1.33. The second-order valence-corrected chi connectivity index (χ2v) is 5.98. The Morgan fingerprint density at radius 2 is 2.27 bits per heavy atom. The van der Waals surface area contributed by atoms with Crippen LogP contribution in [0.2, 0.25) is 0 Å². The fourth-order valence-corrected chi connectivity index (χ4v) is 2.76. The van der Waals surface area contributed by atoms with Gasteiger partial charge in [-0.3, -0.25) is 9.69 Å². The summed E-state index contributed by atoms with van der Waals surface area (Å²) in [4.78, 5) is 31.7. The lowest BCUT2D eigenvalue weighted by Crippen LogP contribution is -2.36. The average molecular weight is 362 g/mol. The van der Waals surface area contributed by atoms with Crippen LogP contribution in [0, 0.1) is 0 Å². The highest BCUT2D eigenvalue weighted by atomic mass is 16.6. The van der Waals surface area contributed by atoms with Gasteiger partial charge in [0.15, 0.2) is 5.84 Å². The van der Waals surface area contributed by atoms with Gasteiger partial charge < -0.3 is 24.5 Å². The second-order valence-electron chi connectivity index (χ2n) is 5.98. The molecule has 1 aromatic rings. The largest absolute Gasteiger partial charge is 0.483 e. The molecule has 0 aromatic heterocycles. The van der Waals surface area contributed by atoms with Crippen LogP contribution in [0.4, 0.5) is 16.2 Å². The molecule has 9 nitrogen and oxygen atoms in total. The number of carbonyl (C=O) groups excluding carboxylic acids is 2. The average Bonchev–Trinajstić information content (AvgIpc) is 3.00. The highest BCUT2D eigenvalue weighted by Crippen LogP contribution is 2.36. The summed E-state index contributed by atoms with van der Waals surface area (Å²) in [5.41, 5.74) is 1.51. The van der Waals surface area contributed by atoms with Crippen molar-refractivity contribution in [2.45, 2.75) is 20.0 Å². The number of amidine groups is 1. The van der Waals surface area contributed by atoms with Gasteiger partial charge in [0.25, 0.3) is 0 Å². The first-order chi connectivity index (χ1) is 12.5. The molecule has 0 spiro atoms. The lowest BCUT2D eigenvalue weighted by Gasteiger charge is -2.29. The maximum atomic E-state index is 12.1. The summed E-state index contributed by atoms with van der Waals surface area (Å²) in [6, 6.07) is 5.48. The first kappa shape index (κ1) is 17.8. The number of hydrogen-bond acceptors (Lipinski definition) is 6. The quantitative estimate of drug-likeness (QED) is 0.795. The molecule has 1 aromatic carbocycles. The van der Waals surface area contributed by atoms with Crippen LogP contribution in [0.25, 0.3) is 0 Å². The molecule has 1 atom stereocenters. The topological polar surface area (TPSA) is 92.7 Å². The molecule has 3 rings (SSSR count). The van der Waals surface area contributed by atoms with Crippen LogP contribution in [0.1, 0.15) is 13.8 Å². The Kier molecular flexibility index (Phi) is 5.15. The third-order valence-electron chi connectivity index (χ3n) is 4.11. The van der Waals surface area contributed by atoms with Gasteiger partial charge in [-0.15, -0.1) is 0 Å². The zero-order valence-corrected chi connectivity index (χ0v) is 15.0. The van der Waals surface area contributed by atoms with Gasteiger partial charge in [0.05, 0.1) is 24.5 Å². The van der Waals surface area contributed by atoms with Crippen LogP contribution in [0.5, 0.6) is 5.75 Å². The molecule has 140 valence electrons. The van der Waals surface area contributed by atoms with Gasteiger partial charge in [0, 0.05) is 20.0 Å². The van der Waals surface area contributed by atoms with E-state index in [1.807, 2.05) is 31.0 Å². The van der Waals surface area contributed by atoms with Crippen LogP contribution in [-0.2, 0) is 14.4 Å². The van der Waals surface area contributed by atoms with Crippen molar-refractivity contribution in [2.24, 2.45) is 5.16 Å². The number of nitrogens with zero attached hydrogens (tertiary/aromatic N) is 3. The van der Waals surface area contributed by atoms with Crippen LogP contribution in [0.15, 0.2) is 23.4 Å². The third-order valence-corrected chi connectivity index (χ3v) is 4.11. The zero-order valence-electron chi connectivity index (χ0n) is 15.0. The van der Waals surface area contributed by atoms with Crippen molar-refractivity contribution in [3.05, 3.63) is 18.2 Å². The van der Waals surface area contributed by atoms with Gasteiger partial charge in [-0.1, -0.05) is 5.16 Å². The Morgan fingerprint density at radius 3 is 3.00 bits per heavy atom. The van der Waals surface area contributed by atoms with E-state index >= 15 is 0 Å². The molecular weight excluding hydrogens is 340 g/mol. The maximum Gasteiger partial charge on any atom is 0.414 e. The molecule has 1 fully saturated rings. The zero-order chi connectivity index (χ0) is 18.7. The van der Waals surface area contributed by atoms with E-state index in [1.165, 1.54) is 11.8 Å². The van der Waals surface area contributed by atoms with Crippen molar-refractivity contribution in [1.29, 1.82) is 0 Å². The van der Waals surface area contributed by atoms with Crippen LogP contribution < -0.4 is 19.9 Å². The first-order valence-electron chi connectivity index (χ1n) is 8.41. The SMILES string of the molecule is CCON=C1COc2cc(N3CC(CNC(C)=O)OC3=O)ccc2N1C. The fourth-order valence-electron chi connectivity index (χ4n) is 2.76. The molecule has 0 radical (unpaired) electrons. The summed E-state index contributed by atoms with van der Waals surface area (Å²) >= 11 is 0. The minimum atomic E-state index is -0.442. The van der Waals surface area contributed by atoms with Crippen molar-refractivity contribution in [1.82, 2.24) is 5.32 Å². The molecule has 26 heavy (non-hydrogen) atoms. The Morgan fingerprint density at radius 1 is 1.46 bits per heavy atom. The Balaban J connectivity index is 1.74. The standard InChI is InChI=1S/C17H22N4O5/c1-4-25-19-16-10-24-15-7-12(5-6-14(15)20(16)3)21-9-13(26-17(21)23)8-18-11(2)22/h5-7,13H,4,8-10H2,1-3H3,(H,18,22). The van der Waals surface area contributed by atoms with Crippen molar-refractivity contribution < 1.29 is 23.9 Å². The number of benzene rings is 1. The Labute approximate surface area is 151 Å². The van der Waals surface area contributed by atoms with E-state index in [9.17, 15) is 9.59 Å². The molecule has 1 unspecified atom stereocenters. The number of hydrogen-bond donors (Lipinski definition) is 1. The molecule has 2 aliphatic heterocycles. The summed E-state index contributed by atoms with van der Waals surface area (Å²) in [5.74, 6) is 1.16. The van der Waals surface area contributed by atoms with Gasteiger partial charge in [-0.25, -0.2) is 4.79 Å². The molecular formula is C17H22N4O5. The second kappa shape index (κ2) is 7.51. The van der Waals surface area contributed by atoms with E-state index in [1.54, 1.807) is 6.07 Å². The lowest BCUT2D eigenvalue weighted by molar-refractivity contribution is -0.119. The minimum Gasteiger partial charge on any atom is -0.483 e. The number of oxime groups is 1. The minimum absolute atomic E-state index is 0.158. The summed E-state index contributed by atoms with van der Waals surface area (Å²) in [6.07, 6.45) is -0.820. The van der Waals surface area contributed by atoms with Crippen molar-refractivity contribution in [3.8, 4) is 5.75 Å². The molecule has 0 saturated carbocycles. The Hall–Kier alpha value is -2.97. The van der Waals surface area contributed by atoms with Gasteiger partial charge in [0.1, 0.15) is 25.1 Å². The van der Waals surface area contributed by atoms with Crippen molar-refractivity contribution >= 4 is 29.2 Å². The summed E-state index contributed by atoms with van der Waals surface area (Å²) < 4.78 is 11.0. The molecule has 0 bridgehead atoms. The van der Waals surface area contributed by atoms with Crippen LogP contribution in [0.3, 0.4) is 0 Å². The summed E-state index contributed by atoms with van der Waals surface area (Å²) in [7, 11) is 1.88. The van der Waals surface area contributed by atoms with Gasteiger partial charge >= 0.3 is 6.09 Å². The molecule has 2 amide bonds. The highest BCUT2D eigenvalue weighted by Gasteiger charge is 2.33. The number of ether oxygens (including phenoxy) is 2. The molecule has 2 heterocycles. The van der Waals surface area contributed by atoms with E-state index < -0.39 is 6.09 Å². The first-order valence-corrected chi connectivity index (χ1v) is 8.41. The number of anilines is 2. The predicted molar refractivity (Wildman–Crippen MR) is 95.7 cm³/mol. The van der Waals surface area contributed by atoms with Gasteiger partial charge in [0.2, 0.25) is 5.91 Å². The van der Waals surface area contributed by atoms with E-state index in [-0.39, 0.29) is 18.6 Å². The number of fused-ring (bicyclic) bond motifs is 1. The highest BCUT2D eigenvalue weighted by molar-refractivity contribution is 6.01. The monoisotopic (exact) mass is 362 g/mol. The normalized spacial score (nSPS) is 20.5. The molecule has 1 saturated heterocycles. The van der Waals surface area contributed by atoms with E-state index in [4.69, 9.17) is 14.3 Å². The van der Waals surface area contributed by atoms with E-state index in [2.05, 4.69) is 10.5 Å². The molecule has 0 aliphatic carbocycles. The number of nitrogens with one attached hydrogen (secondary N) is 1. The number of carbonyl (C=O) groups is 2. The molecule has 9 heteroatoms. The number of rotatable bonds is 5. The van der Waals surface area contributed by atoms with Crippen LogP contribution >= 0.6 is 0 Å². The van der Waals surface area contributed by atoms with Crippen molar-refractivity contribution in [2.75, 3.05) is 43.2 Å². The number of likely N-dealkylation sites (N-methyl/N-ethyl adjacent to an activating group) is 1.